The summed E-state index contributed by atoms with van der Waals surface area (Å²) >= 11 is 0. The zero-order chi connectivity index (χ0) is 20.4. The molecular weight excluding hydrogens is 364 g/mol. The van der Waals surface area contributed by atoms with Crippen LogP contribution in [0.3, 0.4) is 0 Å². The standard InChI is InChI=1S/C20H20N2O6/c1-12-10-14-6-4-5-7-17(14)21(12)19(23)13(2)28-20(24)16-11-15(22(25)26)8-9-18(16)27-3/h4-9,11-13H,10H2,1-3H3/t12-,13-/m0/s1. The minimum atomic E-state index is -1.06. The number of rotatable bonds is 5. The Balaban J connectivity index is 1.80. The number of para-hydroxylation sites is 1. The normalized spacial score (nSPS) is 16.2. The summed E-state index contributed by atoms with van der Waals surface area (Å²) in [5.41, 5.74) is 1.48. The van der Waals surface area contributed by atoms with Crippen LogP contribution in [0.25, 0.3) is 0 Å². The van der Waals surface area contributed by atoms with Crippen molar-refractivity contribution in [3.05, 3.63) is 63.7 Å². The number of ether oxygens (including phenoxy) is 2. The molecule has 0 fully saturated rings. The van der Waals surface area contributed by atoms with Gasteiger partial charge in [0.05, 0.1) is 12.0 Å². The van der Waals surface area contributed by atoms with Crippen molar-refractivity contribution >= 4 is 23.3 Å². The van der Waals surface area contributed by atoms with Gasteiger partial charge in [-0.25, -0.2) is 4.79 Å². The molecule has 1 aliphatic heterocycles. The highest BCUT2D eigenvalue weighted by Crippen LogP contribution is 2.33. The number of nitro benzene ring substituents is 1. The van der Waals surface area contributed by atoms with Crippen LogP contribution < -0.4 is 9.64 Å². The molecule has 0 saturated heterocycles. The van der Waals surface area contributed by atoms with E-state index >= 15 is 0 Å². The molecule has 8 nitrogen and oxygen atoms in total. The predicted octanol–water partition coefficient (Wildman–Crippen LogP) is 3.13. The van der Waals surface area contributed by atoms with E-state index in [-0.39, 0.29) is 28.9 Å². The van der Waals surface area contributed by atoms with Crippen molar-refractivity contribution in [3.8, 4) is 5.75 Å². The van der Waals surface area contributed by atoms with E-state index in [2.05, 4.69) is 0 Å². The Morgan fingerprint density at radius 3 is 2.64 bits per heavy atom. The number of benzene rings is 2. The van der Waals surface area contributed by atoms with Crippen molar-refractivity contribution in [3.63, 3.8) is 0 Å². The van der Waals surface area contributed by atoms with E-state index in [4.69, 9.17) is 9.47 Å². The highest BCUT2D eigenvalue weighted by Gasteiger charge is 2.35. The van der Waals surface area contributed by atoms with Crippen molar-refractivity contribution in [1.29, 1.82) is 0 Å². The Morgan fingerprint density at radius 2 is 1.96 bits per heavy atom. The molecular formula is C20H20N2O6. The second-order valence-electron chi connectivity index (χ2n) is 6.58. The van der Waals surface area contributed by atoms with Gasteiger partial charge in [-0.3, -0.25) is 14.9 Å². The highest BCUT2D eigenvalue weighted by atomic mass is 16.6. The van der Waals surface area contributed by atoms with Crippen LogP contribution in [0.15, 0.2) is 42.5 Å². The molecule has 3 rings (SSSR count). The molecule has 0 bridgehead atoms. The van der Waals surface area contributed by atoms with Gasteiger partial charge in [0.15, 0.2) is 6.10 Å². The van der Waals surface area contributed by atoms with Crippen LogP contribution in [0, 0.1) is 10.1 Å². The summed E-state index contributed by atoms with van der Waals surface area (Å²) in [7, 11) is 1.34. The van der Waals surface area contributed by atoms with Crippen molar-refractivity contribution in [2.24, 2.45) is 0 Å². The fraction of sp³-hybridized carbons (Fsp3) is 0.300. The fourth-order valence-electron chi connectivity index (χ4n) is 3.34. The summed E-state index contributed by atoms with van der Waals surface area (Å²) in [4.78, 5) is 37.5. The number of hydrogen-bond donors (Lipinski definition) is 0. The maximum Gasteiger partial charge on any atom is 0.342 e. The first-order valence-corrected chi connectivity index (χ1v) is 8.78. The van der Waals surface area contributed by atoms with E-state index in [1.807, 2.05) is 31.2 Å². The number of methoxy groups -OCH3 is 1. The van der Waals surface area contributed by atoms with E-state index in [1.165, 1.54) is 26.2 Å². The lowest BCUT2D eigenvalue weighted by atomic mass is 10.1. The van der Waals surface area contributed by atoms with Gasteiger partial charge in [-0.05, 0) is 38.0 Å². The van der Waals surface area contributed by atoms with Crippen molar-refractivity contribution in [2.75, 3.05) is 12.0 Å². The molecule has 8 heteroatoms. The van der Waals surface area contributed by atoms with Gasteiger partial charge in [-0.1, -0.05) is 18.2 Å². The van der Waals surface area contributed by atoms with E-state index in [9.17, 15) is 19.7 Å². The number of carbonyl (C=O) groups excluding carboxylic acids is 2. The van der Waals surface area contributed by atoms with Gasteiger partial charge in [-0.2, -0.15) is 0 Å². The number of amides is 1. The molecule has 0 saturated carbocycles. The number of nitro groups is 1. The van der Waals surface area contributed by atoms with Gasteiger partial charge in [0.25, 0.3) is 11.6 Å². The monoisotopic (exact) mass is 384 g/mol. The van der Waals surface area contributed by atoms with Crippen LogP contribution in [0.1, 0.15) is 29.8 Å². The Kier molecular flexibility index (Phi) is 5.30. The molecule has 2 aromatic carbocycles. The predicted molar refractivity (Wildman–Crippen MR) is 102 cm³/mol. The van der Waals surface area contributed by atoms with Crippen LogP contribution in [0.2, 0.25) is 0 Å². The van der Waals surface area contributed by atoms with Crippen LogP contribution in [-0.2, 0) is 16.0 Å². The minimum Gasteiger partial charge on any atom is -0.496 e. The smallest absolute Gasteiger partial charge is 0.342 e. The topological polar surface area (TPSA) is 99.0 Å². The number of non-ortho nitro benzene ring substituents is 1. The summed E-state index contributed by atoms with van der Waals surface area (Å²) in [5, 5.41) is 11.0. The first-order chi connectivity index (χ1) is 13.3. The van der Waals surface area contributed by atoms with E-state index in [0.29, 0.717) is 0 Å². The SMILES string of the molecule is COc1ccc([N+](=O)[O-])cc1C(=O)O[C@@H](C)C(=O)N1c2ccccc2C[C@@H]1C. The van der Waals surface area contributed by atoms with Crippen LogP contribution in [0.4, 0.5) is 11.4 Å². The summed E-state index contributed by atoms with van der Waals surface area (Å²) < 4.78 is 10.4. The lowest BCUT2D eigenvalue weighted by Crippen LogP contribution is -2.43. The van der Waals surface area contributed by atoms with Crippen molar-refractivity contribution in [2.45, 2.75) is 32.4 Å². The summed E-state index contributed by atoms with van der Waals surface area (Å²) in [6.07, 6.45) is -0.341. The summed E-state index contributed by atoms with van der Waals surface area (Å²) in [6.45, 7) is 3.41. The number of anilines is 1. The highest BCUT2D eigenvalue weighted by molar-refractivity contribution is 6.01. The lowest BCUT2D eigenvalue weighted by molar-refractivity contribution is -0.384. The molecule has 1 amide bonds. The molecule has 1 heterocycles. The third-order valence-corrected chi connectivity index (χ3v) is 4.69. The Bertz CT molecular complexity index is 942. The molecule has 146 valence electrons. The van der Waals surface area contributed by atoms with Crippen molar-refractivity contribution < 1.29 is 24.0 Å². The Morgan fingerprint density at radius 1 is 1.25 bits per heavy atom. The first-order valence-electron chi connectivity index (χ1n) is 8.78. The molecule has 0 radical (unpaired) electrons. The zero-order valence-corrected chi connectivity index (χ0v) is 15.7. The molecule has 0 N–H and O–H groups in total. The number of fused-ring (bicyclic) bond motifs is 1. The molecule has 2 atom stereocenters. The Labute approximate surface area is 161 Å². The number of hydrogen-bond acceptors (Lipinski definition) is 6. The molecule has 0 spiro atoms. The van der Waals surface area contributed by atoms with Gasteiger partial charge < -0.3 is 14.4 Å². The average molecular weight is 384 g/mol. The second kappa shape index (κ2) is 7.67. The van der Waals surface area contributed by atoms with Crippen LogP contribution in [0.5, 0.6) is 5.75 Å². The van der Waals surface area contributed by atoms with Gasteiger partial charge in [-0.15, -0.1) is 0 Å². The number of esters is 1. The van der Waals surface area contributed by atoms with E-state index in [0.717, 1.165) is 23.7 Å². The maximum absolute atomic E-state index is 12.9. The molecule has 28 heavy (non-hydrogen) atoms. The first kappa shape index (κ1) is 19.3. The molecule has 0 aliphatic carbocycles. The van der Waals surface area contributed by atoms with Crippen molar-refractivity contribution in [1.82, 2.24) is 0 Å². The van der Waals surface area contributed by atoms with Gasteiger partial charge >= 0.3 is 5.97 Å². The van der Waals surface area contributed by atoms with Crippen LogP contribution >= 0.6 is 0 Å². The molecule has 0 unspecified atom stereocenters. The zero-order valence-electron chi connectivity index (χ0n) is 15.7. The summed E-state index contributed by atoms with van der Waals surface area (Å²) in [6, 6.07) is 11.1. The van der Waals surface area contributed by atoms with Gasteiger partial charge in [0.2, 0.25) is 0 Å². The fourth-order valence-corrected chi connectivity index (χ4v) is 3.34. The minimum absolute atomic E-state index is 0.0570. The van der Waals surface area contributed by atoms with Crippen LogP contribution in [-0.4, -0.2) is 36.1 Å². The third-order valence-electron chi connectivity index (χ3n) is 4.69. The molecule has 0 aromatic heterocycles. The van der Waals surface area contributed by atoms with Gasteiger partial charge in [0.1, 0.15) is 11.3 Å². The van der Waals surface area contributed by atoms with Gasteiger partial charge in [0, 0.05) is 23.9 Å². The lowest BCUT2D eigenvalue weighted by Gasteiger charge is -2.26. The largest absolute Gasteiger partial charge is 0.496 e. The Hall–Kier alpha value is -3.42. The third kappa shape index (κ3) is 3.53. The van der Waals surface area contributed by atoms with E-state index in [1.54, 1.807) is 4.90 Å². The molecule has 2 aromatic rings. The average Bonchev–Trinajstić information content (AvgIpc) is 3.02. The number of nitrogens with zero attached hydrogens (tertiary/aromatic N) is 2. The molecule has 1 aliphatic rings. The number of carbonyl (C=O) groups is 2. The maximum atomic E-state index is 12.9. The summed E-state index contributed by atoms with van der Waals surface area (Å²) in [5.74, 6) is -1.08. The quantitative estimate of drug-likeness (QED) is 0.446. The second-order valence-corrected chi connectivity index (χ2v) is 6.58. The van der Waals surface area contributed by atoms with E-state index < -0.39 is 17.0 Å².